The first kappa shape index (κ1) is 20.5. The summed E-state index contributed by atoms with van der Waals surface area (Å²) in [5.41, 5.74) is 1.61. The minimum Gasteiger partial charge on any atom is -0.403 e. The van der Waals surface area contributed by atoms with E-state index >= 15 is 0 Å². The highest BCUT2D eigenvalue weighted by atomic mass is 35.5. The Hall–Kier alpha value is -2.75. The SMILES string of the molecule is Cc1ccc(S(=O)(=O)N2CCCC2C(=O)Nc2nnc(-c3ccc(Cl)cc3)o2)cc1. The van der Waals surface area contributed by atoms with Gasteiger partial charge in [-0.3, -0.25) is 10.1 Å². The van der Waals surface area contributed by atoms with Gasteiger partial charge in [-0.1, -0.05) is 34.4 Å². The molecule has 1 N–H and O–H groups in total. The first-order valence-corrected chi connectivity index (χ1v) is 11.2. The molecule has 1 amide bonds. The molecule has 2 aromatic carbocycles. The number of benzene rings is 2. The lowest BCUT2D eigenvalue weighted by Gasteiger charge is -2.22. The van der Waals surface area contributed by atoms with Crippen molar-refractivity contribution in [1.82, 2.24) is 14.5 Å². The number of nitrogens with one attached hydrogen (secondary N) is 1. The van der Waals surface area contributed by atoms with Crippen molar-refractivity contribution in [3.05, 3.63) is 59.1 Å². The minimum absolute atomic E-state index is 0.0930. The van der Waals surface area contributed by atoms with Gasteiger partial charge < -0.3 is 4.42 Å². The Labute approximate surface area is 178 Å². The van der Waals surface area contributed by atoms with E-state index in [4.69, 9.17) is 16.0 Å². The van der Waals surface area contributed by atoms with E-state index in [9.17, 15) is 13.2 Å². The molecular formula is C20H19ClN4O4S. The van der Waals surface area contributed by atoms with Crippen molar-refractivity contribution in [3.8, 4) is 11.5 Å². The summed E-state index contributed by atoms with van der Waals surface area (Å²) in [6, 6.07) is 12.4. The van der Waals surface area contributed by atoms with Crippen LogP contribution in [0.5, 0.6) is 0 Å². The van der Waals surface area contributed by atoms with Crippen LogP contribution in [-0.2, 0) is 14.8 Å². The zero-order chi connectivity index (χ0) is 21.3. The predicted molar refractivity (Wildman–Crippen MR) is 111 cm³/mol. The molecule has 1 fully saturated rings. The highest BCUT2D eigenvalue weighted by Gasteiger charge is 2.39. The van der Waals surface area contributed by atoms with Crippen LogP contribution in [0.25, 0.3) is 11.5 Å². The maximum absolute atomic E-state index is 13.0. The third-order valence-electron chi connectivity index (χ3n) is 4.88. The first-order chi connectivity index (χ1) is 14.3. The van der Waals surface area contributed by atoms with E-state index in [-0.39, 0.29) is 23.3 Å². The van der Waals surface area contributed by atoms with Gasteiger partial charge in [0.2, 0.25) is 21.8 Å². The normalized spacial score (nSPS) is 17.2. The Balaban J connectivity index is 1.50. The number of carbonyl (C=O) groups is 1. The number of aromatic nitrogens is 2. The van der Waals surface area contributed by atoms with Crippen molar-refractivity contribution < 1.29 is 17.6 Å². The molecule has 1 aromatic heterocycles. The van der Waals surface area contributed by atoms with Crippen LogP contribution in [0.15, 0.2) is 57.8 Å². The van der Waals surface area contributed by atoms with Gasteiger partial charge in [0.05, 0.1) is 4.90 Å². The standard InChI is InChI=1S/C20H19ClN4O4S/c1-13-4-10-16(11-5-13)30(27,28)25-12-2-3-17(25)18(26)22-20-24-23-19(29-20)14-6-8-15(21)9-7-14/h4-11,17H,2-3,12H2,1H3,(H,22,24,26). The van der Waals surface area contributed by atoms with Crippen molar-refractivity contribution in [3.63, 3.8) is 0 Å². The van der Waals surface area contributed by atoms with Crippen LogP contribution >= 0.6 is 11.6 Å². The van der Waals surface area contributed by atoms with Gasteiger partial charge in [-0.15, -0.1) is 5.10 Å². The summed E-state index contributed by atoms with van der Waals surface area (Å²) in [5.74, 6) is -0.285. The number of hydrogen-bond acceptors (Lipinski definition) is 6. The molecule has 1 saturated heterocycles. The second-order valence-corrected chi connectivity index (χ2v) is 9.32. The lowest BCUT2D eigenvalue weighted by atomic mass is 10.2. The molecular weight excluding hydrogens is 428 g/mol. The van der Waals surface area contributed by atoms with E-state index < -0.39 is 22.0 Å². The van der Waals surface area contributed by atoms with Crippen LogP contribution in [0.2, 0.25) is 5.02 Å². The Kier molecular flexibility index (Phi) is 5.59. The summed E-state index contributed by atoms with van der Waals surface area (Å²) in [7, 11) is -3.79. The largest absolute Gasteiger partial charge is 0.403 e. The van der Waals surface area contributed by atoms with Gasteiger partial charge in [-0.25, -0.2) is 8.42 Å². The smallest absolute Gasteiger partial charge is 0.322 e. The van der Waals surface area contributed by atoms with Crippen molar-refractivity contribution >= 4 is 33.5 Å². The number of amides is 1. The Bertz CT molecular complexity index is 1160. The molecule has 0 bridgehead atoms. The molecule has 0 aliphatic carbocycles. The Morgan fingerprint density at radius 2 is 1.83 bits per heavy atom. The molecule has 1 atom stereocenters. The molecule has 156 valence electrons. The van der Waals surface area contributed by atoms with Crippen LogP contribution in [0, 0.1) is 6.92 Å². The van der Waals surface area contributed by atoms with Gasteiger partial charge in [0.1, 0.15) is 6.04 Å². The molecule has 1 aliphatic heterocycles. The summed E-state index contributed by atoms with van der Waals surface area (Å²) in [6.07, 6.45) is 0.998. The second-order valence-electron chi connectivity index (χ2n) is 7.00. The molecule has 4 rings (SSSR count). The van der Waals surface area contributed by atoms with Gasteiger partial charge in [0.25, 0.3) is 0 Å². The molecule has 0 radical (unpaired) electrons. The molecule has 0 saturated carbocycles. The maximum atomic E-state index is 13.0. The zero-order valence-corrected chi connectivity index (χ0v) is 17.7. The van der Waals surface area contributed by atoms with Crippen molar-refractivity contribution in [1.29, 1.82) is 0 Å². The second kappa shape index (κ2) is 8.17. The van der Waals surface area contributed by atoms with Crippen molar-refractivity contribution in [2.45, 2.75) is 30.7 Å². The first-order valence-electron chi connectivity index (χ1n) is 9.33. The molecule has 1 unspecified atom stereocenters. The fourth-order valence-electron chi connectivity index (χ4n) is 3.31. The molecule has 10 heteroatoms. The average Bonchev–Trinajstić information content (AvgIpc) is 3.39. The van der Waals surface area contributed by atoms with E-state index in [0.29, 0.717) is 23.4 Å². The van der Waals surface area contributed by atoms with Gasteiger partial charge >= 0.3 is 6.01 Å². The molecule has 2 heterocycles. The fraction of sp³-hybridized carbons (Fsp3) is 0.250. The third kappa shape index (κ3) is 4.09. The fourth-order valence-corrected chi connectivity index (χ4v) is 5.09. The number of rotatable bonds is 5. The summed E-state index contributed by atoms with van der Waals surface area (Å²) in [4.78, 5) is 12.9. The van der Waals surface area contributed by atoms with Crippen LogP contribution in [0.3, 0.4) is 0 Å². The number of halogens is 1. The summed E-state index contributed by atoms with van der Waals surface area (Å²) in [5, 5.41) is 10.9. The van der Waals surface area contributed by atoms with E-state index in [1.54, 1.807) is 48.5 Å². The molecule has 3 aromatic rings. The lowest BCUT2D eigenvalue weighted by molar-refractivity contribution is -0.119. The molecule has 8 nitrogen and oxygen atoms in total. The van der Waals surface area contributed by atoms with Crippen LogP contribution in [-0.4, -0.2) is 41.4 Å². The average molecular weight is 447 g/mol. The van der Waals surface area contributed by atoms with Crippen LogP contribution < -0.4 is 5.32 Å². The zero-order valence-electron chi connectivity index (χ0n) is 16.1. The van der Waals surface area contributed by atoms with Crippen molar-refractivity contribution in [2.24, 2.45) is 0 Å². The number of carbonyl (C=O) groups excluding carboxylic acids is 1. The monoisotopic (exact) mass is 446 g/mol. The van der Waals surface area contributed by atoms with E-state index in [1.807, 2.05) is 6.92 Å². The Morgan fingerprint density at radius 1 is 1.13 bits per heavy atom. The van der Waals surface area contributed by atoms with E-state index in [1.165, 1.54) is 4.31 Å². The summed E-state index contributed by atoms with van der Waals surface area (Å²) < 4.78 is 32.7. The van der Waals surface area contributed by atoms with Gasteiger partial charge in [0.15, 0.2) is 0 Å². The predicted octanol–water partition coefficient (Wildman–Crippen LogP) is 3.49. The number of hydrogen-bond donors (Lipinski definition) is 1. The maximum Gasteiger partial charge on any atom is 0.322 e. The lowest BCUT2D eigenvalue weighted by Crippen LogP contribution is -2.43. The van der Waals surface area contributed by atoms with Crippen LogP contribution in [0.1, 0.15) is 18.4 Å². The van der Waals surface area contributed by atoms with Gasteiger partial charge in [-0.2, -0.15) is 4.31 Å². The third-order valence-corrected chi connectivity index (χ3v) is 7.05. The summed E-state index contributed by atoms with van der Waals surface area (Å²) >= 11 is 5.87. The van der Waals surface area contributed by atoms with Gasteiger partial charge in [-0.05, 0) is 56.2 Å². The minimum atomic E-state index is -3.79. The van der Waals surface area contributed by atoms with Crippen LogP contribution in [0.4, 0.5) is 6.01 Å². The summed E-state index contributed by atoms with van der Waals surface area (Å²) in [6.45, 7) is 2.15. The number of sulfonamides is 1. The molecule has 30 heavy (non-hydrogen) atoms. The number of aryl methyl sites for hydroxylation is 1. The molecule has 1 aliphatic rings. The molecule has 0 spiro atoms. The highest BCUT2D eigenvalue weighted by Crippen LogP contribution is 2.28. The van der Waals surface area contributed by atoms with Crippen molar-refractivity contribution in [2.75, 3.05) is 11.9 Å². The topological polar surface area (TPSA) is 105 Å². The number of anilines is 1. The van der Waals surface area contributed by atoms with E-state index in [2.05, 4.69) is 15.5 Å². The van der Waals surface area contributed by atoms with E-state index in [0.717, 1.165) is 5.56 Å². The Morgan fingerprint density at radius 3 is 2.53 bits per heavy atom. The van der Waals surface area contributed by atoms with Gasteiger partial charge in [0, 0.05) is 17.1 Å². The number of nitrogens with zero attached hydrogens (tertiary/aromatic N) is 3. The quantitative estimate of drug-likeness (QED) is 0.643. The highest BCUT2D eigenvalue weighted by molar-refractivity contribution is 7.89.